The summed E-state index contributed by atoms with van der Waals surface area (Å²) in [5, 5.41) is 3.03. The first-order valence-electron chi connectivity index (χ1n) is 8.46. The average molecular weight is 374 g/mol. The number of sulfonamides is 1. The third-order valence-electron chi connectivity index (χ3n) is 4.65. The summed E-state index contributed by atoms with van der Waals surface area (Å²) in [6, 6.07) is 11.8. The molecule has 2 N–H and O–H groups in total. The molecule has 0 radical (unpaired) electrons. The summed E-state index contributed by atoms with van der Waals surface area (Å²) in [5.74, 6) is 0.521. The summed E-state index contributed by atoms with van der Waals surface area (Å²) in [6.07, 6.45) is 2.77. The lowest BCUT2D eigenvalue weighted by atomic mass is 9.87. The Labute approximate surface area is 153 Å². The molecule has 0 saturated carbocycles. The second-order valence-corrected chi connectivity index (χ2v) is 8.10. The number of ether oxygens (including phenoxy) is 1. The molecule has 138 valence electrons. The van der Waals surface area contributed by atoms with Crippen LogP contribution in [-0.4, -0.2) is 28.5 Å². The Hall–Kier alpha value is -2.38. The van der Waals surface area contributed by atoms with Crippen molar-refractivity contribution in [2.75, 3.05) is 14.2 Å². The van der Waals surface area contributed by atoms with Crippen LogP contribution in [0.1, 0.15) is 40.4 Å². The van der Waals surface area contributed by atoms with Crippen molar-refractivity contribution in [1.29, 1.82) is 0 Å². The van der Waals surface area contributed by atoms with E-state index in [2.05, 4.69) is 10.0 Å². The van der Waals surface area contributed by atoms with Gasteiger partial charge in [-0.05, 0) is 67.8 Å². The van der Waals surface area contributed by atoms with Gasteiger partial charge in [-0.2, -0.15) is 0 Å². The van der Waals surface area contributed by atoms with Crippen molar-refractivity contribution in [3.05, 3.63) is 59.2 Å². The van der Waals surface area contributed by atoms with Crippen LogP contribution < -0.4 is 14.8 Å². The molecule has 1 aliphatic rings. The minimum absolute atomic E-state index is 0.0708. The molecule has 1 atom stereocenters. The largest absolute Gasteiger partial charge is 0.497 e. The van der Waals surface area contributed by atoms with Crippen molar-refractivity contribution in [1.82, 2.24) is 10.0 Å². The summed E-state index contributed by atoms with van der Waals surface area (Å²) in [7, 11) is -0.610. The van der Waals surface area contributed by atoms with Crippen LogP contribution in [0.25, 0.3) is 0 Å². The predicted molar refractivity (Wildman–Crippen MR) is 98.8 cm³/mol. The highest BCUT2D eigenvalue weighted by Crippen LogP contribution is 2.32. The molecule has 7 heteroatoms. The number of amides is 1. The van der Waals surface area contributed by atoms with Crippen LogP contribution in [0.15, 0.2) is 47.4 Å². The number of methoxy groups -OCH3 is 1. The van der Waals surface area contributed by atoms with E-state index in [0.717, 1.165) is 30.6 Å². The number of hydrogen-bond donors (Lipinski definition) is 2. The molecular formula is C19H22N2O4S. The molecule has 0 bridgehead atoms. The summed E-state index contributed by atoms with van der Waals surface area (Å²) in [6.45, 7) is 0. The Morgan fingerprint density at radius 3 is 2.73 bits per heavy atom. The minimum Gasteiger partial charge on any atom is -0.497 e. The van der Waals surface area contributed by atoms with Gasteiger partial charge >= 0.3 is 0 Å². The van der Waals surface area contributed by atoms with Crippen LogP contribution in [0, 0.1) is 0 Å². The lowest BCUT2D eigenvalue weighted by Gasteiger charge is -2.27. The number of benzene rings is 2. The minimum atomic E-state index is -3.59. The van der Waals surface area contributed by atoms with Gasteiger partial charge in [0.05, 0.1) is 18.0 Å². The van der Waals surface area contributed by atoms with Gasteiger partial charge in [-0.15, -0.1) is 0 Å². The van der Waals surface area contributed by atoms with Crippen molar-refractivity contribution < 1.29 is 17.9 Å². The molecule has 0 heterocycles. The van der Waals surface area contributed by atoms with Crippen molar-refractivity contribution in [2.45, 2.75) is 30.2 Å². The van der Waals surface area contributed by atoms with Gasteiger partial charge in [0.25, 0.3) is 5.91 Å². The Kier molecular flexibility index (Phi) is 5.29. The molecule has 0 saturated heterocycles. The van der Waals surface area contributed by atoms with Gasteiger partial charge < -0.3 is 10.1 Å². The summed E-state index contributed by atoms with van der Waals surface area (Å²) in [4.78, 5) is 12.7. The second-order valence-electron chi connectivity index (χ2n) is 6.22. The van der Waals surface area contributed by atoms with E-state index in [0.29, 0.717) is 5.56 Å². The second kappa shape index (κ2) is 7.47. The highest BCUT2D eigenvalue weighted by molar-refractivity contribution is 7.89. The van der Waals surface area contributed by atoms with E-state index in [1.54, 1.807) is 19.2 Å². The fourth-order valence-electron chi connectivity index (χ4n) is 3.23. The number of carbonyl (C=O) groups is 1. The zero-order valence-electron chi connectivity index (χ0n) is 14.8. The highest BCUT2D eigenvalue weighted by atomic mass is 32.2. The standard InChI is InChI=1S/C19H22N2O4S/c1-20-26(23,24)16-7-3-6-14(12-16)19(22)21-18-8-4-5-13-11-15(25-2)9-10-17(13)18/h3,6-7,9-12,18,20H,4-5,8H2,1-2H3,(H,21,22). The predicted octanol–water partition coefficient (Wildman–Crippen LogP) is 2.41. The summed E-state index contributed by atoms with van der Waals surface area (Å²) in [5.41, 5.74) is 2.58. The zero-order chi connectivity index (χ0) is 18.7. The average Bonchev–Trinajstić information content (AvgIpc) is 2.67. The van der Waals surface area contributed by atoms with E-state index in [1.165, 1.54) is 24.7 Å². The molecule has 6 nitrogen and oxygen atoms in total. The number of carbonyl (C=O) groups excluding carboxylic acids is 1. The fraction of sp³-hybridized carbons (Fsp3) is 0.316. The highest BCUT2D eigenvalue weighted by Gasteiger charge is 2.23. The monoisotopic (exact) mass is 374 g/mol. The Balaban J connectivity index is 1.83. The van der Waals surface area contributed by atoms with E-state index < -0.39 is 10.0 Å². The van der Waals surface area contributed by atoms with Crippen LogP contribution in [-0.2, 0) is 16.4 Å². The number of hydrogen-bond acceptors (Lipinski definition) is 4. The molecular weight excluding hydrogens is 352 g/mol. The summed E-state index contributed by atoms with van der Waals surface area (Å²) >= 11 is 0. The van der Waals surface area contributed by atoms with Crippen LogP contribution in [0.2, 0.25) is 0 Å². The number of fused-ring (bicyclic) bond motifs is 1. The van der Waals surface area contributed by atoms with Crippen molar-refractivity contribution >= 4 is 15.9 Å². The summed E-state index contributed by atoms with van der Waals surface area (Å²) < 4.78 is 31.4. The Bertz CT molecular complexity index is 925. The molecule has 1 unspecified atom stereocenters. The molecule has 26 heavy (non-hydrogen) atoms. The molecule has 0 spiro atoms. The quantitative estimate of drug-likeness (QED) is 0.842. The lowest BCUT2D eigenvalue weighted by Crippen LogP contribution is -2.31. The van der Waals surface area contributed by atoms with Gasteiger partial charge in [-0.1, -0.05) is 12.1 Å². The maximum atomic E-state index is 12.7. The molecule has 0 fully saturated rings. The fourth-order valence-corrected chi connectivity index (χ4v) is 4.01. The third-order valence-corrected chi connectivity index (χ3v) is 6.06. The van der Waals surface area contributed by atoms with Crippen LogP contribution in [0.3, 0.4) is 0 Å². The van der Waals surface area contributed by atoms with Crippen LogP contribution >= 0.6 is 0 Å². The molecule has 0 aromatic heterocycles. The van der Waals surface area contributed by atoms with Gasteiger partial charge in [-0.3, -0.25) is 4.79 Å². The van der Waals surface area contributed by atoms with Crippen molar-refractivity contribution in [2.24, 2.45) is 0 Å². The van der Waals surface area contributed by atoms with Gasteiger partial charge in [0, 0.05) is 5.56 Å². The van der Waals surface area contributed by atoms with E-state index in [-0.39, 0.29) is 16.8 Å². The molecule has 1 amide bonds. The Morgan fingerprint density at radius 2 is 2.00 bits per heavy atom. The van der Waals surface area contributed by atoms with E-state index in [1.807, 2.05) is 18.2 Å². The first-order chi connectivity index (χ1) is 12.4. The van der Waals surface area contributed by atoms with Gasteiger partial charge in [-0.25, -0.2) is 13.1 Å². The Morgan fingerprint density at radius 1 is 1.19 bits per heavy atom. The smallest absolute Gasteiger partial charge is 0.251 e. The van der Waals surface area contributed by atoms with Gasteiger partial charge in [0.2, 0.25) is 10.0 Å². The SMILES string of the molecule is CNS(=O)(=O)c1cccc(C(=O)NC2CCCc3cc(OC)ccc32)c1. The molecule has 3 rings (SSSR count). The number of rotatable bonds is 5. The number of aryl methyl sites for hydroxylation is 1. The maximum absolute atomic E-state index is 12.7. The molecule has 0 aliphatic heterocycles. The third kappa shape index (κ3) is 3.73. The molecule has 1 aliphatic carbocycles. The number of nitrogens with one attached hydrogen (secondary N) is 2. The topological polar surface area (TPSA) is 84.5 Å². The first-order valence-corrected chi connectivity index (χ1v) is 9.94. The van der Waals surface area contributed by atoms with Crippen molar-refractivity contribution in [3.63, 3.8) is 0 Å². The van der Waals surface area contributed by atoms with E-state index in [9.17, 15) is 13.2 Å². The molecule has 2 aromatic rings. The molecule has 2 aromatic carbocycles. The maximum Gasteiger partial charge on any atom is 0.251 e. The first kappa shape index (κ1) is 18.4. The van der Waals surface area contributed by atoms with Gasteiger partial charge in [0.1, 0.15) is 5.75 Å². The van der Waals surface area contributed by atoms with E-state index in [4.69, 9.17) is 4.74 Å². The zero-order valence-corrected chi connectivity index (χ0v) is 15.6. The van der Waals surface area contributed by atoms with Gasteiger partial charge in [0.15, 0.2) is 0 Å². The normalized spacial score (nSPS) is 16.6. The lowest BCUT2D eigenvalue weighted by molar-refractivity contribution is 0.0932. The van der Waals surface area contributed by atoms with Crippen LogP contribution in [0.5, 0.6) is 5.75 Å². The van der Waals surface area contributed by atoms with Crippen molar-refractivity contribution in [3.8, 4) is 5.75 Å². The van der Waals surface area contributed by atoms with E-state index >= 15 is 0 Å². The van der Waals surface area contributed by atoms with Crippen LogP contribution in [0.4, 0.5) is 0 Å².